The lowest BCUT2D eigenvalue weighted by atomic mass is 10.0. The van der Waals surface area contributed by atoms with E-state index in [0.717, 1.165) is 0 Å². The fraction of sp³-hybridized carbons (Fsp3) is 0.333. The Morgan fingerprint density at radius 3 is 2.41 bits per heavy atom. The summed E-state index contributed by atoms with van der Waals surface area (Å²) in [5.74, 6) is 0.0345. The summed E-state index contributed by atoms with van der Waals surface area (Å²) in [7, 11) is 0. The fourth-order valence-corrected chi connectivity index (χ4v) is 2.69. The molecule has 0 spiro atoms. The molecule has 3 rings (SSSR count). The highest BCUT2D eigenvalue weighted by molar-refractivity contribution is 5.90. The number of nitrogens with zero attached hydrogens (tertiary/aromatic N) is 3. The van der Waals surface area contributed by atoms with Crippen LogP contribution >= 0.6 is 0 Å². The number of hydrogen-bond acceptors (Lipinski definition) is 3. The van der Waals surface area contributed by atoms with E-state index >= 15 is 0 Å². The summed E-state index contributed by atoms with van der Waals surface area (Å²) in [4.78, 5) is 4.21. The fourth-order valence-electron chi connectivity index (χ4n) is 2.69. The maximum absolute atomic E-state index is 13.4. The third-order valence-electron chi connectivity index (χ3n) is 3.70. The monoisotopic (exact) mass is 309 g/mol. The molecule has 1 N–H and O–H groups in total. The van der Waals surface area contributed by atoms with Gasteiger partial charge in [0, 0.05) is 17.7 Å². The molecule has 116 valence electrons. The number of aliphatic hydroxyl groups is 1. The molecule has 0 fully saturated rings. The molecule has 0 saturated heterocycles. The highest BCUT2D eigenvalue weighted by Crippen LogP contribution is 2.46. The van der Waals surface area contributed by atoms with Crippen LogP contribution in [0.1, 0.15) is 19.0 Å². The summed E-state index contributed by atoms with van der Waals surface area (Å²) in [5, 5.41) is 14.1. The van der Waals surface area contributed by atoms with Gasteiger partial charge in [-0.25, -0.2) is 9.67 Å². The van der Waals surface area contributed by atoms with Crippen LogP contribution in [-0.4, -0.2) is 26.8 Å². The Morgan fingerprint density at radius 1 is 1.18 bits per heavy atom. The first-order valence-corrected chi connectivity index (χ1v) is 6.73. The molecule has 1 atom stereocenters. The van der Waals surface area contributed by atoms with Crippen molar-refractivity contribution in [2.75, 3.05) is 0 Å². The van der Waals surface area contributed by atoms with Gasteiger partial charge in [-0.1, -0.05) is 30.3 Å². The minimum absolute atomic E-state index is 0.0345. The van der Waals surface area contributed by atoms with Gasteiger partial charge in [-0.15, -0.1) is 0 Å². The van der Waals surface area contributed by atoms with Gasteiger partial charge in [0.2, 0.25) is 0 Å². The van der Waals surface area contributed by atoms with Gasteiger partial charge in [0.1, 0.15) is 0 Å². The van der Waals surface area contributed by atoms with Crippen molar-refractivity contribution in [2.24, 2.45) is 4.99 Å². The number of aliphatic imine (C=N–C) groups is 1. The molecule has 0 saturated carbocycles. The molecule has 0 aliphatic carbocycles. The van der Waals surface area contributed by atoms with Gasteiger partial charge in [-0.05, 0) is 19.4 Å². The molecule has 1 aromatic heterocycles. The van der Waals surface area contributed by atoms with Crippen molar-refractivity contribution < 1.29 is 18.3 Å². The zero-order valence-electron chi connectivity index (χ0n) is 12.0. The third-order valence-corrected chi connectivity index (χ3v) is 3.70. The molecule has 1 aliphatic heterocycles. The average Bonchev–Trinajstić information content (AvgIpc) is 2.75. The molecule has 1 aliphatic rings. The molecule has 1 unspecified atom stereocenters. The van der Waals surface area contributed by atoms with E-state index in [-0.39, 0.29) is 11.5 Å². The lowest BCUT2D eigenvalue weighted by molar-refractivity contribution is -0.300. The van der Waals surface area contributed by atoms with Crippen LogP contribution in [0.25, 0.3) is 11.1 Å². The molecule has 2 aromatic rings. The summed E-state index contributed by atoms with van der Waals surface area (Å²) < 4.78 is 40.7. The molecule has 1 aromatic carbocycles. The largest absolute Gasteiger partial charge is 0.438 e. The van der Waals surface area contributed by atoms with E-state index in [1.165, 1.54) is 6.92 Å². The Labute approximate surface area is 124 Å². The lowest BCUT2D eigenvalue weighted by Gasteiger charge is -2.33. The molecule has 22 heavy (non-hydrogen) atoms. The Hall–Kier alpha value is -2.15. The van der Waals surface area contributed by atoms with E-state index in [9.17, 15) is 18.3 Å². The van der Waals surface area contributed by atoms with E-state index in [2.05, 4.69) is 10.1 Å². The van der Waals surface area contributed by atoms with E-state index in [4.69, 9.17) is 0 Å². The van der Waals surface area contributed by atoms with Gasteiger partial charge in [-0.3, -0.25) is 0 Å². The number of benzene rings is 1. The maximum atomic E-state index is 13.4. The summed E-state index contributed by atoms with van der Waals surface area (Å²) in [6, 6.07) is 8.94. The van der Waals surface area contributed by atoms with Gasteiger partial charge in [0.05, 0.1) is 5.69 Å². The number of hydrogen-bond donors (Lipinski definition) is 1. The predicted molar refractivity (Wildman–Crippen MR) is 76.0 cm³/mol. The van der Waals surface area contributed by atoms with Crippen molar-refractivity contribution in [1.82, 2.24) is 9.78 Å². The quantitative estimate of drug-likeness (QED) is 0.875. The van der Waals surface area contributed by atoms with Crippen LogP contribution in [0.5, 0.6) is 0 Å². The average molecular weight is 309 g/mol. The van der Waals surface area contributed by atoms with Gasteiger partial charge in [-0.2, -0.15) is 18.3 Å². The highest BCUT2D eigenvalue weighted by atomic mass is 19.4. The van der Waals surface area contributed by atoms with E-state index in [1.807, 2.05) is 6.07 Å². The maximum Gasteiger partial charge on any atom is 0.438 e. The zero-order valence-corrected chi connectivity index (χ0v) is 12.0. The third kappa shape index (κ3) is 2.04. The number of halogens is 3. The van der Waals surface area contributed by atoms with Gasteiger partial charge in [0.25, 0.3) is 5.72 Å². The molecular formula is C15H14F3N3O. The van der Waals surface area contributed by atoms with E-state index in [1.54, 1.807) is 31.2 Å². The van der Waals surface area contributed by atoms with Crippen LogP contribution in [0.2, 0.25) is 0 Å². The molecule has 0 radical (unpaired) electrons. The summed E-state index contributed by atoms with van der Waals surface area (Å²) in [6.45, 7) is 3.08. The van der Waals surface area contributed by atoms with Crippen LogP contribution in [0.3, 0.4) is 0 Å². The van der Waals surface area contributed by atoms with Gasteiger partial charge in [0.15, 0.2) is 5.82 Å². The van der Waals surface area contributed by atoms with Crippen LogP contribution in [-0.2, 0) is 5.72 Å². The molecule has 4 nitrogen and oxygen atoms in total. The van der Waals surface area contributed by atoms with Gasteiger partial charge < -0.3 is 5.11 Å². The number of fused-ring (bicyclic) bond motifs is 1. The topological polar surface area (TPSA) is 50.4 Å². The second kappa shape index (κ2) is 4.67. The minimum atomic E-state index is -4.84. The Balaban J connectivity index is 2.29. The number of aryl methyl sites for hydroxylation is 1. The Kier molecular flexibility index (Phi) is 3.14. The number of alkyl halides is 3. The predicted octanol–water partition coefficient (Wildman–Crippen LogP) is 3.56. The second-order valence-corrected chi connectivity index (χ2v) is 5.40. The van der Waals surface area contributed by atoms with Crippen molar-refractivity contribution in [1.29, 1.82) is 0 Å². The number of aromatic nitrogens is 2. The molecule has 7 heteroatoms. The summed E-state index contributed by atoms with van der Waals surface area (Å²) >= 11 is 0. The van der Waals surface area contributed by atoms with Crippen LogP contribution < -0.4 is 0 Å². The zero-order chi connectivity index (χ0) is 16.1. The SMILES string of the molecule is CC1=Nc2c(-c3ccccc3)c(C)nn2C(O)(C(F)(F)F)C1. The van der Waals surface area contributed by atoms with Crippen molar-refractivity contribution in [3.05, 3.63) is 36.0 Å². The molecule has 0 amide bonds. The Bertz CT molecular complexity index is 749. The summed E-state index contributed by atoms with van der Waals surface area (Å²) in [5.41, 5.74) is -1.25. The van der Waals surface area contributed by atoms with Crippen LogP contribution in [0, 0.1) is 6.92 Å². The van der Waals surface area contributed by atoms with Crippen molar-refractivity contribution in [2.45, 2.75) is 32.2 Å². The standard InChI is InChI=1S/C15H14F3N3O/c1-9-8-14(22,15(16,17)18)21-13(19-9)12(10(2)20-21)11-6-4-3-5-7-11/h3-7,22H,8H2,1-2H3. The van der Waals surface area contributed by atoms with Crippen molar-refractivity contribution >= 4 is 11.5 Å². The van der Waals surface area contributed by atoms with Gasteiger partial charge >= 0.3 is 6.18 Å². The van der Waals surface area contributed by atoms with Crippen LogP contribution in [0.4, 0.5) is 19.0 Å². The first kappa shape index (κ1) is 14.8. The molecule has 0 bridgehead atoms. The first-order chi connectivity index (χ1) is 10.2. The van der Waals surface area contributed by atoms with Crippen LogP contribution in [0.15, 0.2) is 35.3 Å². The Morgan fingerprint density at radius 2 is 1.82 bits per heavy atom. The smallest absolute Gasteiger partial charge is 0.362 e. The second-order valence-electron chi connectivity index (χ2n) is 5.40. The number of rotatable bonds is 1. The highest BCUT2D eigenvalue weighted by Gasteiger charge is 2.59. The lowest BCUT2D eigenvalue weighted by Crippen LogP contribution is -2.50. The van der Waals surface area contributed by atoms with E-state index in [0.29, 0.717) is 21.5 Å². The first-order valence-electron chi connectivity index (χ1n) is 6.73. The van der Waals surface area contributed by atoms with Crippen molar-refractivity contribution in [3.63, 3.8) is 0 Å². The molecule has 2 heterocycles. The molecular weight excluding hydrogens is 295 g/mol. The van der Waals surface area contributed by atoms with E-state index < -0.39 is 18.3 Å². The minimum Gasteiger partial charge on any atom is -0.362 e. The van der Waals surface area contributed by atoms with Crippen molar-refractivity contribution in [3.8, 4) is 11.1 Å². The summed E-state index contributed by atoms with van der Waals surface area (Å²) in [6.07, 6.45) is -5.47. The normalized spacial score (nSPS) is 21.5.